The van der Waals surface area contributed by atoms with E-state index >= 15 is 0 Å². The summed E-state index contributed by atoms with van der Waals surface area (Å²) < 4.78 is 0. The lowest BCUT2D eigenvalue weighted by Crippen LogP contribution is -2.34. The number of hydrogen-bond acceptors (Lipinski definition) is 3. The smallest absolute Gasteiger partial charge is 0.223 e. The number of hydrogen-bond donors (Lipinski definition) is 1. The van der Waals surface area contributed by atoms with E-state index in [0.717, 1.165) is 32.5 Å². The maximum absolute atomic E-state index is 12.2. The molecule has 0 aliphatic carbocycles. The summed E-state index contributed by atoms with van der Waals surface area (Å²) in [6.45, 7) is 4.55. The van der Waals surface area contributed by atoms with E-state index in [2.05, 4.69) is 52.5 Å². The molecule has 0 saturated carbocycles. The minimum Gasteiger partial charge on any atom is -0.335 e. The molecule has 1 N–H and O–H groups in total. The molecular formula is C20H25N3O. The Bertz CT molecular complexity index is 654. The van der Waals surface area contributed by atoms with Crippen molar-refractivity contribution in [2.45, 2.75) is 45.3 Å². The quantitative estimate of drug-likeness (QED) is 0.797. The zero-order valence-electron chi connectivity index (χ0n) is 14.2. The van der Waals surface area contributed by atoms with Crippen molar-refractivity contribution < 1.29 is 4.79 Å². The number of amides is 1. The van der Waals surface area contributed by atoms with Crippen LogP contribution < -0.4 is 5.32 Å². The van der Waals surface area contributed by atoms with Crippen molar-refractivity contribution in [1.29, 1.82) is 0 Å². The van der Waals surface area contributed by atoms with Crippen LogP contribution in [0.4, 0.5) is 0 Å². The van der Waals surface area contributed by atoms with Crippen molar-refractivity contribution >= 4 is 5.91 Å². The van der Waals surface area contributed by atoms with Gasteiger partial charge in [-0.05, 0) is 43.5 Å². The lowest BCUT2D eigenvalue weighted by molar-refractivity contribution is -0.129. The minimum atomic E-state index is 0.285. The molecular weight excluding hydrogens is 298 g/mol. The standard InChI is InChI=1S/C20H25N3O/c1-16-4-6-17(7-5-16)15-23-19(8-9-20(23)24)10-12-22-14-18-3-2-11-21-13-18/h2-7,11,13,19,22H,8-10,12,14-15H2,1H3/t19-/m0/s1. The topological polar surface area (TPSA) is 45.2 Å². The molecule has 126 valence electrons. The van der Waals surface area contributed by atoms with Crippen LogP contribution >= 0.6 is 0 Å². The number of pyridine rings is 1. The van der Waals surface area contributed by atoms with Gasteiger partial charge in [0.05, 0.1) is 0 Å². The summed E-state index contributed by atoms with van der Waals surface area (Å²) in [5.41, 5.74) is 3.66. The van der Waals surface area contributed by atoms with Crippen LogP contribution in [0, 0.1) is 6.92 Å². The first-order chi connectivity index (χ1) is 11.7. The molecule has 1 fully saturated rings. The van der Waals surface area contributed by atoms with Crippen molar-refractivity contribution in [3.8, 4) is 0 Å². The van der Waals surface area contributed by atoms with Gasteiger partial charge in [-0.1, -0.05) is 35.9 Å². The first-order valence-corrected chi connectivity index (χ1v) is 8.67. The summed E-state index contributed by atoms with van der Waals surface area (Å²) in [6.07, 6.45) is 6.32. The average molecular weight is 323 g/mol. The third kappa shape index (κ3) is 4.42. The third-order valence-corrected chi connectivity index (χ3v) is 4.63. The Balaban J connectivity index is 1.48. The van der Waals surface area contributed by atoms with Gasteiger partial charge in [0.1, 0.15) is 0 Å². The Kier molecular flexibility index (Phi) is 5.59. The predicted molar refractivity (Wildman–Crippen MR) is 95.3 cm³/mol. The van der Waals surface area contributed by atoms with Crippen LogP contribution in [0.3, 0.4) is 0 Å². The normalized spacial score (nSPS) is 17.5. The molecule has 1 atom stereocenters. The molecule has 1 aliphatic rings. The molecule has 2 heterocycles. The fraction of sp³-hybridized carbons (Fsp3) is 0.400. The van der Waals surface area contributed by atoms with E-state index in [4.69, 9.17) is 0 Å². The second kappa shape index (κ2) is 8.06. The van der Waals surface area contributed by atoms with Gasteiger partial charge in [-0.2, -0.15) is 0 Å². The van der Waals surface area contributed by atoms with Gasteiger partial charge in [0, 0.05) is 37.9 Å². The van der Waals surface area contributed by atoms with Gasteiger partial charge in [0.25, 0.3) is 0 Å². The third-order valence-electron chi connectivity index (χ3n) is 4.63. The molecule has 1 aliphatic heterocycles. The van der Waals surface area contributed by atoms with Gasteiger partial charge in [-0.25, -0.2) is 0 Å². The molecule has 3 rings (SSSR count). The number of nitrogens with one attached hydrogen (secondary N) is 1. The van der Waals surface area contributed by atoms with Gasteiger partial charge in [-0.15, -0.1) is 0 Å². The highest BCUT2D eigenvalue weighted by Crippen LogP contribution is 2.23. The molecule has 4 heteroatoms. The number of nitrogens with zero attached hydrogens (tertiary/aromatic N) is 2. The zero-order valence-corrected chi connectivity index (χ0v) is 14.2. The SMILES string of the molecule is Cc1ccc(CN2C(=O)CC[C@H]2CCNCc2cccnc2)cc1. The maximum atomic E-state index is 12.2. The van der Waals surface area contributed by atoms with Crippen LogP contribution in [-0.2, 0) is 17.9 Å². The zero-order chi connectivity index (χ0) is 16.8. The highest BCUT2D eigenvalue weighted by molar-refractivity contribution is 5.78. The Morgan fingerprint density at radius 3 is 2.79 bits per heavy atom. The van der Waals surface area contributed by atoms with E-state index in [1.54, 1.807) is 6.20 Å². The Morgan fingerprint density at radius 2 is 2.04 bits per heavy atom. The van der Waals surface area contributed by atoms with E-state index in [0.29, 0.717) is 12.5 Å². The monoisotopic (exact) mass is 323 g/mol. The summed E-state index contributed by atoms with van der Waals surface area (Å²) >= 11 is 0. The molecule has 1 saturated heterocycles. The highest BCUT2D eigenvalue weighted by Gasteiger charge is 2.30. The number of benzene rings is 1. The van der Waals surface area contributed by atoms with Gasteiger partial charge < -0.3 is 10.2 Å². The molecule has 1 aromatic heterocycles. The molecule has 0 spiro atoms. The van der Waals surface area contributed by atoms with Gasteiger partial charge >= 0.3 is 0 Å². The number of rotatable bonds is 7. The van der Waals surface area contributed by atoms with E-state index in [9.17, 15) is 4.79 Å². The first kappa shape index (κ1) is 16.7. The number of carbonyl (C=O) groups is 1. The molecule has 2 aromatic rings. The number of aryl methyl sites for hydroxylation is 1. The second-order valence-corrected chi connectivity index (χ2v) is 6.53. The lowest BCUT2D eigenvalue weighted by Gasteiger charge is -2.25. The van der Waals surface area contributed by atoms with Crippen LogP contribution in [0.25, 0.3) is 0 Å². The predicted octanol–water partition coefficient (Wildman–Crippen LogP) is 3.06. The van der Waals surface area contributed by atoms with Gasteiger partial charge in [-0.3, -0.25) is 9.78 Å². The van der Waals surface area contributed by atoms with Crippen LogP contribution in [0.2, 0.25) is 0 Å². The fourth-order valence-electron chi connectivity index (χ4n) is 3.20. The van der Waals surface area contributed by atoms with Gasteiger partial charge in [0.2, 0.25) is 5.91 Å². The first-order valence-electron chi connectivity index (χ1n) is 8.67. The second-order valence-electron chi connectivity index (χ2n) is 6.53. The molecule has 1 aromatic carbocycles. The summed E-state index contributed by atoms with van der Waals surface area (Å²) in [6, 6.07) is 12.8. The number of carbonyl (C=O) groups excluding carboxylic acids is 1. The van der Waals surface area contributed by atoms with Crippen molar-refractivity contribution in [1.82, 2.24) is 15.2 Å². The van der Waals surface area contributed by atoms with Gasteiger partial charge in [0.15, 0.2) is 0 Å². The summed E-state index contributed by atoms with van der Waals surface area (Å²) in [4.78, 5) is 18.4. The summed E-state index contributed by atoms with van der Waals surface area (Å²) in [7, 11) is 0. The largest absolute Gasteiger partial charge is 0.335 e. The van der Waals surface area contributed by atoms with Crippen LogP contribution in [-0.4, -0.2) is 28.4 Å². The minimum absolute atomic E-state index is 0.285. The van der Waals surface area contributed by atoms with E-state index < -0.39 is 0 Å². The number of aromatic nitrogens is 1. The maximum Gasteiger partial charge on any atom is 0.223 e. The van der Waals surface area contributed by atoms with Crippen LogP contribution in [0.15, 0.2) is 48.8 Å². The van der Waals surface area contributed by atoms with Crippen molar-refractivity contribution in [2.75, 3.05) is 6.54 Å². The molecule has 0 radical (unpaired) electrons. The fourth-order valence-corrected chi connectivity index (χ4v) is 3.20. The Morgan fingerprint density at radius 1 is 1.21 bits per heavy atom. The molecule has 4 nitrogen and oxygen atoms in total. The molecule has 0 bridgehead atoms. The van der Waals surface area contributed by atoms with E-state index in [1.807, 2.05) is 12.3 Å². The molecule has 0 unspecified atom stereocenters. The Labute approximate surface area is 143 Å². The summed E-state index contributed by atoms with van der Waals surface area (Å²) in [5.74, 6) is 0.285. The van der Waals surface area contributed by atoms with Crippen LogP contribution in [0.5, 0.6) is 0 Å². The summed E-state index contributed by atoms with van der Waals surface area (Å²) in [5, 5.41) is 3.46. The Hall–Kier alpha value is -2.20. The van der Waals surface area contributed by atoms with Crippen LogP contribution in [0.1, 0.15) is 36.0 Å². The van der Waals surface area contributed by atoms with Crippen molar-refractivity contribution in [3.63, 3.8) is 0 Å². The average Bonchev–Trinajstić information content (AvgIpc) is 2.95. The van der Waals surface area contributed by atoms with E-state index in [-0.39, 0.29) is 5.91 Å². The highest BCUT2D eigenvalue weighted by atomic mass is 16.2. The van der Waals surface area contributed by atoms with Crippen molar-refractivity contribution in [3.05, 3.63) is 65.5 Å². The molecule has 24 heavy (non-hydrogen) atoms. The number of likely N-dealkylation sites (tertiary alicyclic amines) is 1. The van der Waals surface area contributed by atoms with E-state index in [1.165, 1.54) is 16.7 Å². The molecule has 1 amide bonds. The van der Waals surface area contributed by atoms with Crippen molar-refractivity contribution in [2.24, 2.45) is 0 Å². The lowest BCUT2D eigenvalue weighted by atomic mass is 10.1.